The van der Waals surface area contributed by atoms with E-state index in [2.05, 4.69) is 19.6 Å². The number of benzene rings is 1. The number of carbonyl (C=O) groups excluding carboxylic acids is 1. The van der Waals surface area contributed by atoms with Gasteiger partial charge in [-0.1, -0.05) is 30.3 Å². The second kappa shape index (κ2) is 6.63. The number of hydrogen-bond donors (Lipinski definition) is 1. The summed E-state index contributed by atoms with van der Waals surface area (Å²) >= 11 is 2.17. The van der Waals surface area contributed by atoms with Crippen molar-refractivity contribution in [1.82, 2.24) is 15.2 Å². The predicted molar refractivity (Wildman–Crippen MR) is 99.1 cm³/mol. The zero-order valence-corrected chi connectivity index (χ0v) is 15.4. The first-order chi connectivity index (χ1) is 12.5. The van der Waals surface area contributed by atoms with Crippen LogP contribution in [0, 0.1) is 0 Å². The average Bonchev–Trinajstić information content (AvgIpc) is 3.33. The van der Waals surface area contributed by atoms with E-state index in [1.807, 2.05) is 0 Å². The highest BCUT2D eigenvalue weighted by molar-refractivity contribution is 8.04. The summed E-state index contributed by atoms with van der Waals surface area (Å²) in [6, 6.07) is 9.95. The number of sulfonamides is 1. The smallest absolute Gasteiger partial charge is 0.288 e. The average molecular weight is 402 g/mol. The molecule has 1 aliphatic carbocycles. The van der Waals surface area contributed by atoms with Gasteiger partial charge in [-0.3, -0.25) is 9.89 Å². The van der Waals surface area contributed by atoms with Crippen LogP contribution in [0.2, 0.25) is 0 Å². The topological polar surface area (TPSA) is 105 Å². The molecule has 0 bridgehead atoms. The van der Waals surface area contributed by atoms with Gasteiger partial charge in [0.2, 0.25) is 5.78 Å². The van der Waals surface area contributed by atoms with Gasteiger partial charge in [0.1, 0.15) is 10.5 Å². The summed E-state index contributed by atoms with van der Waals surface area (Å²) in [4.78, 5) is 17.0. The van der Waals surface area contributed by atoms with Crippen LogP contribution in [0.1, 0.15) is 15.9 Å². The molecule has 130 valence electrons. The van der Waals surface area contributed by atoms with E-state index in [1.54, 1.807) is 35.7 Å². The van der Waals surface area contributed by atoms with Crippen molar-refractivity contribution in [2.24, 2.45) is 4.40 Å². The van der Waals surface area contributed by atoms with Gasteiger partial charge in [-0.25, -0.2) is 4.98 Å². The highest BCUT2D eigenvalue weighted by Crippen LogP contribution is 2.32. The fourth-order valence-corrected chi connectivity index (χ4v) is 5.13. The van der Waals surface area contributed by atoms with Crippen molar-refractivity contribution in [3.05, 3.63) is 70.2 Å². The standard InChI is InChI=1S/C16H10N4O3S3/c21-15-11-5-2-1-4-10(11)12(8-13(15)25-16-17-9-18-19-16)20-26(22,23)14-6-3-7-24-14/h1-9H,(H,17,18,19). The van der Waals surface area contributed by atoms with Crippen LogP contribution in [0.5, 0.6) is 0 Å². The number of nitrogens with one attached hydrogen (secondary N) is 1. The minimum Gasteiger partial charge on any atom is -0.288 e. The molecule has 0 aliphatic heterocycles. The molecule has 0 atom stereocenters. The van der Waals surface area contributed by atoms with Crippen LogP contribution in [-0.4, -0.2) is 35.1 Å². The number of thiophene rings is 1. The minimum absolute atomic E-state index is 0.150. The molecule has 0 saturated carbocycles. The second-order valence-electron chi connectivity index (χ2n) is 5.16. The van der Waals surface area contributed by atoms with Gasteiger partial charge in [-0.2, -0.15) is 17.9 Å². The number of thioether (sulfide) groups is 1. The minimum atomic E-state index is -3.86. The number of ketones is 1. The summed E-state index contributed by atoms with van der Waals surface area (Å²) in [5, 5.41) is 8.52. The summed E-state index contributed by atoms with van der Waals surface area (Å²) in [5.41, 5.74) is 1.10. The summed E-state index contributed by atoms with van der Waals surface area (Å²) in [5.74, 6) is -0.213. The molecule has 10 heteroatoms. The van der Waals surface area contributed by atoms with Crippen LogP contribution in [-0.2, 0) is 10.0 Å². The quantitative estimate of drug-likeness (QED) is 0.719. The zero-order valence-electron chi connectivity index (χ0n) is 13.0. The lowest BCUT2D eigenvalue weighted by atomic mass is 9.94. The van der Waals surface area contributed by atoms with E-state index in [0.29, 0.717) is 21.2 Å². The van der Waals surface area contributed by atoms with Crippen molar-refractivity contribution in [2.75, 3.05) is 0 Å². The Balaban J connectivity index is 1.84. The molecule has 0 amide bonds. The number of Topliss-reactive ketones (excluding diaryl/α,β-unsaturated/α-hetero) is 1. The van der Waals surface area contributed by atoms with Crippen molar-refractivity contribution in [3.63, 3.8) is 0 Å². The van der Waals surface area contributed by atoms with Crippen molar-refractivity contribution < 1.29 is 13.2 Å². The number of rotatable bonds is 4. The number of aromatic amines is 1. The van der Waals surface area contributed by atoms with E-state index in [1.165, 1.54) is 18.5 Å². The Morgan fingerprint density at radius 1 is 1.12 bits per heavy atom. The van der Waals surface area contributed by atoms with Crippen molar-refractivity contribution >= 4 is 44.6 Å². The fraction of sp³-hybridized carbons (Fsp3) is 0. The summed E-state index contributed by atoms with van der Waals surface area (Å²) < 4.78 is 29.2. The molecule has 4 rings (SSSR count). The number of aromatic nitrogens is 3. The maximum absolute atomic E-state index is 12.7. The summed E-state index contributed by atoms with van der Waals surface area (Å²) in [6.45, 7) is 0. The van der Waals surface area contributed by atoms with E-state index < -0.39 is 10.0 Å². The fourth-order valence-electron chi connectivity index (χ4n) is 2.39. The van der Waals surface area contributed by atoms with Gasteiger partial charge in [0, 0.05) is 11.1 Å². The van der Waals surface area contributed by atoms with Crippen molar-refractivity contribution in [1.29, 1.82) is 0 Å². The molecule has 2 aromatic heterocycles. The maximum atomic E-state index is 12.7. The Morgan fingerprint density at radius 2 is 1.92 bits per heavy atom. The number of carbonyl (C=O) groups is 1. The summed E-state index contributed by atoms with van der Waals surface area (Å²) in [6.07, 6.45) is 2.81. The molecule has 3 aromatic rings. The van der Waals surface area contributed by atoms with E-state index in [9.17, 15) is 13.2 Å². The first-order valence-corrected chi connectivity index (χ1v) is 10.5. The SMILES string of the molecule is O=C1C(Sc2ncn[nH]2)=CC(=NS(=O)(=O)c2cccs2)c2ccccc21. The lowest BCUT2D eigenvalue weighted by Crippen LogP contribution is -2.17. The normalized spacial score (nSPS) is 15.8. The largest absolute Gasteiger partial charge is 0.292 e. The molecule has 2 heterocycles. The molecular formula is C16H10N4O3S3. The van der Waals surface area contributed by atoms with Crippen molar-refractivity contribution in [2.45, 2.75) is 9.37 Å². The number of allylic oxidation sites excluding steroid dienone is 2. The molecule has 0 radical (unpaired) electrons. The molecule has 0 spiro atoms. The van der Waals surface area contributed by atoms with E-state index in [-0.39, 0.29) is 15.7 Å². The second-order valence-corrected chi connectivity index (χ2v) is 8.97. The highest BCUT2D eigenvalue weighted by Gasteiger charge is 2.27. The third-order valence-corrected chi connectivity index (χ3v) is 7.08. The van der Waals surface area contributed by atoms with Crippen LogP contribution >= 0.6 is 23.1 Å². The molecule has 1 N–H and O–H groups in total. The molecule has 0 fully saturated rings. The number of fused-ring (bicyclic) bond motifs is 1. The highest BCUT2D eigenvalue weighted by atomic mass is 32.2. The molecule has 1 aliphatic rings. The third-order valence-electron chi connectivity index (χ3n) is 3.51. The van der Waals surface area contributed by atoms with Gasteiger partial charge >= 0.3 is 0 Å². The van der Waals surface area contributed by atoms with Crippen LogP contribution in [0.15, 0.2) is 72.9 Å². The Bertz CT molecular complexity index is 1130. The number of hydrogen-bond acceptors (Lipinski definition) is 7. The van der Waals surface area contributed by atoms with Gasteiger partial charge in [0.05, 0.1) is 10.6 Å². The van der Waals surface area contributed by atoms with Gasteiger partial charge < -0.3 is 0 Å². The predicted octanol–water partition coefficient (Wildman–Crippen LogP) is 2.92. The van der Waals surface area contributed by atoms with Crippen LogP contribution in [0.4, 0.5) is 0 Å². The van der Waals surface area contributed by atoms with E-state index in [4.69, 9.17) is 0 Å². The third kappa shape index (κ3) is 3.14. The van der Waals surface area contributed by atoms with Crippen LogP contribution in [0.25, 0.3) is 0 Å². The van der Waals surface area contributed by atoms with E-state index >= 15 is 0 Å². The van der Waals surface area contributed by atoms with Gasteiger partial charge in [0.25, 0.3) is 10.0 Å². The molecular weight excluding hydrogens is 392 g/mol. The van der Waals surface area contributed by atoms with Crippen molar-refractivity contribution in [3.8, 4) is 0 Å². The Morgan fingerprint density at radius 3 is 2.62 bits per heavy atom. The monoisotopic (exact) mass is 402 g/mol. The van der Waals surface area contributed by atoms with Crippen LogP contribution < -0.4 is 0 Å². The first kappa shape index (κ1) is 16.9. The molecule has 1 aromatic carbocycles. The number of nitrogens with zero attached hydrogens (tertiary/aromatic N) is 3. The maximum Gasteiger partial charge on any atom is 0.292 e. The Hall–Kier alpha value is -2.56. The zero-order chi connectivity index (χ0) is 18.1. The molecule has 7 nitrogen and oxygen atoms in total. The lowest BCUT2D eigenvalue weighted by molar-refractivity contribution is 0.104. The van der Waals surface area contributed by atoms with Gasteiger partial charge in [-0.15, -0.1) is 11.3 Å². The molecule has 0 saturated heterocycles. The molecule has 0 unspecified atom stereocenters. The molecule has 26 heavy (non-hydrogen) atoms. The first-order valence-electron chi connectivity index (χ1n) is 7.32. The van der Waals surface area contributed by atoms with Gasteiger partial charge in [0.15, 0.2) is 5.16 Å². The summed E-state index contributed by atoms with van der Waals surface area (Å²) in [7, 11) is -3.86. The lowest BCUT2D eigenvalue weighted by Gasteiger charge is -2.16. The van der Waals surface area contributed by atoms with Gasteiger partial charge in [-0.05, 0) is 29.3 Å². The van der Waals surface area contributed by atoms with Crippen LogP contribution in [0.3, 0.4) is 0 Å². The Labute approximate surface area is 157 Å². The van der Waals surface area contributed by atoms with E-state index in [0.717, 1.165) is 23.1 Å². The Kier molecular flexibility index (Phi) is 4.31. The number of H-pyrrole nitrogens is 1.